The van der Waals surface area contributed by atoms with Crippen molar-refractivity contribution in [1.82, 2.24) is 0 Å². The zero-order chi connectivity index (χ0) is 24.9. The van der Waals surface area contributed by atoms with Crippen molar-refractivity contribution in [2.24, 2.45) is 56.7 Å². The van der Waals surface area contributed by atoms with Gasteiger partial charge in [0.25, 0.3) is 0 Å². The second-order valence-corrected chi connectivity index (χ2v) is 15.3. The van der Waals surface area contributed by atoms with Crippen molar-refractivity contribution in [2.45, 2.75) is 126 Å². The van der Waals surface area contributed by atoms with Gasteiger partial charge in [-0.2, -0.15) is 0 Å². The standard InChI is InChI=1S/C32H52O2/c1-20(2)22-12-15-29(6)18-19-31(8)23(27(22)29)10-11-25-30(7)16-14-26(34-21(3)33)28(4,5)24(30)13-17-32(25,31)9/h22-27H,1,10-19H2,2-9H3/t22-,23+,24-,25+,26-,27+,29+,30-,31+,32+/m0/s1. The van der Waals surface area contributed by atoms with Crippen LogP contribution in [-0.4, -0.2) is 12.1 Å². The zero-order valence-electron chi connectivity index (χ0n) is 23.6. The van der Waals surface area contributed by atoms with Gasteiger partial charge in [0.15, 0.2) is 0 Å². The number of allylic oxidation sites excluding steroid dienone is 1. The minimum absolute atomic E-state index is 0.0550. The average molecular weight is 469 g/mol. The minimum atomic E-state index is -0.107. The fourth-order valence-corrected chi connectivity index (χ4v) is 11.9. The predicted molar refractivity (Wildman–Crippen MR) is 140 cm³/mol. The number of hydrogen-bond acceptors (Lipinski definition) is 2. The molecule has 0 saturated heterocycles. The van der Waals surface area contributed by atoms with Gasteiger partial charge in [0.05, 0.1) is 0 Å². The van der Waals surface area contributed by atoms with E-state index in [1.165, 1.54) is 63.4 Å². The summed E-state index contributed by atoms with van der Waals surface area (Å²) in [5.74, 6) is 3.74. The summed E-state index contributed by atoms with van der Waals surface area (Å²) >= 11 is 0. The van der Waals surface area contributed by atoms with Crippen LogP contribution >= 0.6 is 0 Å². The van der Waals surface area contributed by atoms with Gasteiger partial charge in [-0.05, 0) is 122 Å². The number of esters is 1. The van der Waals surface area contributed by atoms with Crippen molar-refractivity contribution in [3.8, 4) is 0 Å². The summed E-state index contributed by atoms with van der Waals surface area (Å²) in [5, 5.41) is 0. The van der Waals surface area contributed by atoms with E-state index in [9.17, 15) is 4.79 Å². The van der Waals surface area contributed by atoms with Crippen LogP contribution in [0.5, 0.6) is 0 Å². The topological polar surface area (TPSA) is 26.3 Å². The first-order chi connectivity index (χ1) is 15.7. The van der Waals surface area contributed by atoms with E-state index in [-0.39, 0.29) is 17.5 Å². The Morgan fingerprint density at radius 3 is 2.12 bits per heavy atom. The number of ether oxygens (including phenoxy) is 1. The van der Waals surface area contributed by atoms with Gasteiger partial charge in [-0.3, -0.25) is 4.79 Å². The third-order valence-corrected chi connectivity index (χ3v) is 13.7. The van der Waals surface area contributed by atoms with Crippen LogP contribution in [0.25, 0.3) is 0 Å². The van der Waals surface area contributed by atoms with Crippen molar-refractivity contribution in [2.75, 3.05) is 0 Å². The first-order valence-corrected chi connectivity index (χ1v) is 14.5. The first kappa shape index (κ1) is 24.9. The number of rotatable bonds is 2. The maximum atomic E-state index is 11.9. The van der Waals surface area contributed by atoms with E-state index in [1.54, 1.807) is 6.92 Å². The van der Waals surface area contributed by atoms with E-state index in [0.29, 0.717) is 27.6 Å². The van der Waals surface area contributed by atoms with Crippen LogP contribution in [0.2, 0.25) is 0 Å². The van der Waals surface area contributed by atoms with E-state index >= 15 is 0 Å². The minimum Gasteiger partial charge on any atom is -0.462 e. The summed E-state index contributed by atoms with van der Waals surface area (Å²) < 4.78 is 5.91. The van der Waals surface area contributed by atoms with Gasteiger partial charge < -0.3 is 4.74 Å². The molecule has 0 bridgehead atoms. The van der Waals surface area contributed by atoms with E-state index in [1.807, 2.05) is 0 Å². The van der Waals surface area contributed by atoms with Gasteiger partial charge in [-0.25, -0.2) is 0 Å². The number of fused-ring (bicyclic) bond motifs is 7. The Bertz CT molecular complexity index is 872. The summed E-state index contributed by atoms with van der Waals surface area (Å²) in [7, 11) is 0. The molecule has 0 aliphatic heterocycles. The van der Waals surface area contributed by atoms with Gasteiger partial charge in [0.1, 0.15) is 6.10 Å². The molecule has 5 aliphatic carbocycles. The Hall–Kier alpha value is -0.790. The fourth-order valence-electron chi connectivity index (χ4n) is 11.9. The zero-order valence-corrected chi connectivity index (χ0v) is 23.6. The Labute approximate surface area is 210 Å². The highest BCUT2D eigenvalue weighted by molar-refractivity contribution is 5.66. The SMILES string of the molecule is C=C(C)[C@@H]1CC[C@]2(C)CC[C@]3(C)[C@H](CC[C@@H]4[C@@]5(C)CC[C@H](OC(C)=O)C(C)(C)[C@@H]5CC[C@]43C)[C@@H]12. The third kappa shape index (κ3) is 3.08. The Morgan fingerprint density at radius 1 is 0.765 bits per heavy atom. The van der Waals surface area contributed by atoms with Crippen molar-refractivity contribution >= 4 is 5.97 Å². The molecule has 5 aliphatic rings. The van der Waals surface area contributed by atoms with Crippen LogP contribution in [0.3, 0.4) is 0 Å². The van der Waals surface area contributed by atoms with Crippen molar-refractivity contribution < 1.29 is 9.53 Å². The molecule has 0 aromatic rings. The second-order valence-electron chi connectivity index (χ2n) is 15.3. The molecule has 0 aromatic heterocycles. The highest BCUT2D eigenvalue weighted by Crippen LogP contribution is 2.77. The lowest BCUT2D eigenvalue weighted by molar-refractivity contribution is -0.248. The van der Waals surface area contributed by atoms with Crippen LogP contribution in [0, 0.1) is 56.7 Å². The van der Waals surface area contributed by atoms with E-state index in [2.05, 4.69) is 55.0 Å². The average Bonchev–Trinajstić information content (AvgIpc) is 3.08. The van der Waals surface area contributed by atoms with Crippen LogP contribution in [0.1, 0.15) is 120 Å². The summed E-state index contributed by atoms with van der Waals surface area (Å²) in [6, 6.07) is 0. The molecule has 0 spiro atoms. The molecule has 0 heterocycles. The monoisotopic (exact) mass is 468 g/mol. The summed E-state index contributed by atoms with van der Waals surface area (Å²) in [6.45, 7) is 23.9. The van der Waals surface area contributed by atoms with Crippen molar-refractivity contribution in [1.29, 1.82) is 0 Å². The highest BCUT2D eigenvalue weighted by Gasteiger charge is 2.70. The maximum Gasteiger partial charge on any atom is 0.302 e. The lowest BCUT2D eigenvalue weighted by Crippen LogP contribution is -2.66. The highest BCUT2D eigenvalue weighted by atomic mass is 16.5. The summed E-state index contributed by atoms with van der Waals surface area (Å²) in [5.41, 5.74) is 3.23. The Kier molecular flexibility index (Phi) is 5.57. The molecular weight excluding hydrogens is 416 g/mol. The fraction of sp³-hybridized carbons (Fsp3) is 0.906. The van der Waals surface area contributed by atoms with Gasteiger partial charge in [0, 0.05) is 12.3 Å². The summed E-state index contributed by atoms with van der Waals surface area (Å²) in [4.78, 5) is 11.9. The van der Waals surface area contributed by atoms with Gasteiger partial charge in [-0.1, -0.05) is 53.7 Å². The molecule has 192 valence electrons. The quantitative estimate of drug-likeness (QED) is 0.299. The molecule has 34 heavy (non-hydrogen) atoms. The molecule has 2 heteroatoms. The Balaban J connectivity index is 1.50. The third-order valence-electron chi connectivity index (χ3n) is 13.7. The molecular formula is C32H52O2. The molecule has 0 amide bonds. The number of hydrogen-bond donors (Lipinski definition) is 0. The molecule has 5 fully saturated rings. The van der Waals surface area contributed by atoms with Crippen LogP contribution in [0.4, 0.5) is 0 Å². The molecule has 10 atom stereocenters. The molecule has 0 aromatic carbocycles. The molecule has 0 radical (unpaired) electrons. The van der Waals surface area contributed by atoms with Crippen molar-refractivity contribution in [3.63, 3.8) is 0 Å². The van der Waals surface area contributed by atoms with Crippen LogP contribution < -0.4 is 0 Å². The smallest absolute Gasteiger partial charge is 0.302 e. The largest absolute Gasteiger partial charge is 0.462 e. The van der Waals surface area contributed by atoms with Crippen LogP contribution in [0.15, 0.2) is 12.2 Å². The first-order valence-electron chi connectivity index (χ1n) is 14.5. The number of carbonyl (C=O) groups is 1. The predicted octanol–water partition coefficient (Wildman–Crippen LogP) is 8.60. The van der Waals surface area contributed by atoms with Gasteiger partial charge >= 0.3 is 5.97 Å². The normalized spacial score (nSPS) is 53.6. The lowest BCUT2D eigenvalue weighted by atomic mass is 9.32. The Morgan fingerprint density at radius 2 is 1.47 bits per heavy atom. The molecule has 2 nitrogen and oxygen atoms in total. The van der Waals surface area contributed by atoms with E-state index in [0.717, 1.165) is 30.1 Å². The maximum absolute atomic E-state index is 11.9. The van der Waals surface area contributed by atoms with E-state index < -0.39 is 0 Å². The second kappa shape index (κ2) is 7.61. The molecule has 5 saturated carbocycles. The van der Waals surface area contributed by atoms with Gasteiger partial charge in [0.2, 0.25) is 0 Å². The van der Waals surface area contributed by atoms with Crippen molar-refractivity contribution in [3.05, 3.63) is 12.2 Å². The van der Waals surface area contributed by atoms with E-state index in [4.69, 9.17) is 4.74 Å². The molecule has 0 unspecified atom stereocenters. The van der Waals surface area contributed by atoms with Gasteiger partial charge in [-0.15, -0.1) is 0 Å². The number of carbonyl (C=O) groups excluding carboxylic acids is 1. The molecule has 0 N–H and O–H groups in total. The van der Waals surface area contributed by atoms with Crippen LogP contribution in [-0.2, 0) is 9.53 Å². The summed E-state index contributed by atoms with van der Waals surface area (Å²) in [6.07, 6.45) is 13.4. The molecule has 5 rings (SSSR count). The lowest BCUT2D eigenvalue weighted by Gasteiger charge is -2.73.